The summed E-state index contributed by atoms with van der Waals surface area (Å²) in [5.74, 6) is -0.161. The minimum atomic E-state index is -0.322. The molecule has 0 amide bonds. The molecule has 0 aromatic carbocycles. The van der Waals surface area contributed by atoms with Gasteiger partial charge in [-0.05, 0) is 24.0 Å². The predicted octanol–water partition coefficient (Wildman–Crippen LogP) is 1.39. The number of aliphatic hydroxyl groups excluding tert-OH is 1. The van der Waals surface area contributed by atoms with Gasteiger partial charge in [-0.15, -0.1) is 0 Å². The molecule has 1 aromatic heterocycles. The Morgan fingerprint density at radius 1 is 1.58 bits per heavy atom. The van der Waals surface area contributed by atoms with Crippen LogP contribution in [0, 0.1) is 11.7 Å². The highest BCUT2D eigenvalue weighted by molar-refractivity contribution is 5.10. The van der Waals surface area contributed by atoms with E-state index in [0.717, 1.165) is 5.56 Å². The second-order valence-corrected chi connectivity index (χ2v) is 3.00. The molecule has 0 saturated heterocycles. The van der Waals surface area contributed by atoms with Gasteiger partial charge < -0.3 is 5.11 Å². The lowest BCUT2D eigenvalue weighted by Gasteiger charge is -2.06. The van der Waals surface area contributed by atoms with Gasteiger partial charge >= 0.3 is 0 Å². The van der Waals surface area contributed by atoms with Crippen molar-refractivity contribution in [2.45, 2.75) is 13.3 Å². The Hall–Kier alpha value is -0.960. The quantitative estimate of drug-likeness (QED) is 0.741. The molecule has 1 aromatic rings. The number of rotatable bonds is 3. The lowest BCUT2D eigenvalue weighted by atomic mass is 10.0. The van der Waals surface area contributed by atoms with Gasteiger partial charge in [-0.2, -0.15) is 0 Å². The fourth-order valence-corrected chi connectivity index (χ4v) is 1.03. The van der Waals surface area contributed by atoms with Crippen molar-refractivity contribution in [3.05, 3.63) is 29.8 Å². The van der Waals surface area contributed by atoms with Gasteiger partial charge in [0, 0.05) is 12.8 Å². The molecule has 0 radical (unpaired) electrons. The number of halogens is 1. The van der Waals surface area contributed by atoms with Crippen molar-refractivity contribution in [2.75, 3.05) is 6.61 Å². The van der Waals surface area contributed by atoms with Gasteiger partial charge in [-0.1, -0.05) is 6.92 Å². The summed E-state index contributed by atoms with van der Waals surface area (Å²) in [6, 6.07) is 1.44. The maximum absolute atomic E-state index is 12.6. The van der Waals surface area contributed by atoms with Crippen LogP contribution in [0.25, 0.3) is 0 Å². The van der Waals surface area contributed by atoms with Gasteiger partial charge in [0.2, 0.25) is 0 Å². The van der Waals surface area contributed by atoms with Gasteiger partial charge in [0.05, 0.1) is 6.20 Å². The monoisotopic (exact) mass is 169 g/mol. The van der Waals surface area contributed by atoms with Crippen LogP contribution in [-0.2, 0) is 6.42 Å². The zero-order valence-corrected chi connectivity index (χ0v) is 7.00. The minimum Gasteiger partial charge on any atom is -0.396 e. The first kappa shape index (κ1) is 9.13. The number of aliphatic hydroxyl groups is 1. The first-order chi connectivity index (χ1) is 5.72. The summed E-state index contributed by atoms with van der Waals surface area (Å²) in [7, 11) is 0. The molecule has 2 nitrogen and oxygen atoms in total. The van der Waals surface area contributed by atoms with E-state index >= 15 is 0 Å². The topological polar surface area (TPSA) is 33.1 Å². The first-order valence-corrected chi connectivity index (χ1v) is 3.92. The van der Waals surface area contributed by atoms with E-state index in [-0.39, 0.29) is 18.3 Å². The molecule has 1 atom stereocenters. The van der Waals surface area contributed by atoms with E-state index in [1.54, 1.807) is 6.20 Å². The van der Waals surface area contributed by atoms with Crippen molar-refractivity contribution in [1.29, 1.82) is 0 Å². The molecule has 0 aliphatic rings. The van der Waals surface area contributed by atoms with Crippen LogP contribution in [0.5, 0.6) is 0 Å². The maximum atomic E-state index is 12.6. The summed E-state index contributed by atoms with van der Waals surface area (Å²) in [4.78, 5) is 3.71. The van der Waals surface area contributed by atoms with Crippen molar-refractivity contribution in [3.8, 4) is 0 Å². The Balaban J connectivity index is 2.63. The fourth-order valence-electron chi connectivity index (χ4n) is 1.03. The zero-order chi connectivity index (χ0) is 8.97. The Bertz CT molecular complexity index is 252. The number of hydrogen-bond donors (Lipinski definition) is 1. The molecule has 0 bridgehead atoms. The Kier molecular flexibility index (Phi) is 3.17. The molecule has 3 heteroatoms. The third-order valence-electron chi connectivity index (χ3n) is 1.66. The SMILES string of the molecule is C[C@H](CO)Cc1cncc(F)c1. The highest BCUT2D eigenvalue weighted by Crippen LogP contribution is 2.07. The lowest BCUT2D eigenvalue weighted by molar-refractivity contribution is 0.237. The van der Waals surface area contributed by atoms with Gasteiger partial charge in [0.25, 0.3) is 0 Å². The van der Waals surface area contributed by atoms with Gasteiger partial charge in [0.15, 0.2) is 0 Å². The van der Waals surface area contributed by atoms with Gasteiger partial charge in [-0.3, -0.25) is 4.98 Å². The Labute approximate surface area is 71.1 Å². The van der Waals surface area contributed by atoms with E-state index in [0.29, 0.717) is 6.42 Å². The van der Waals surface area contributed by atoms with Crippen LogP contribution >= 0.6 is 0 Å². The normalized spacial score (nSPS) is 12.9. The number of aromatic nitrogens is 1. The molecular weight excluding hydrogens is 157 g/mol. The van der Waals surface area contributed by atoms with Crippen LogP contribution in [0.15, 0.2) is 18.5 Å². The van der Waals surface area contributed by atoms with E-state index in [4.69, 9.17) is 5.11 Å². The van der Waals surface area contributed by atoms with Crippen LogP contribution in [0.2, 0.25) is 0 Å². The van der Waals surface area contributed by atoms with E-state index in [1.807, 2.05) is 6.92 Å². The van der Waals surface area contributed by atoms with Crippen LogP contribution in [0.4, 0.5) is 4.39 Å². The zero-order valence-electron chi connectivity index (χ0n) is 7.00. The standard InChI is InChI=1S/C9H12FNO/c1-7(6-12)2-8-3-9(10)5-11-4-8/h3-5,7,12H,2,6H2,1H3/t7-/m0/s1. The van der Waals surface area contributed by atoms with Crippen LogP contribution in [0.1, 0.15) is 12.5 Å². The molecule has 0 saturated carbocycles. The molecule has 1 rings (SSSR count). The summed E-state index contributed by atoms with van der Waals surface area (Å²) >= 11 is 0. The van der Waals surface area contributed by atoms with Crippen molar-refractivity contribution in [2.24, 2.45) is 5.92 Å². The largest absolute Gasteiger partial charge is 0.396 e. The molecule has 0 spiro atoms. The second-order valence-electron chi connectivity index (χ2n) is 3.00. The Morgan fingerprint density at radius 3 is 2.92 bits per heavy atom. The highest BCUT2D eigenvalue weighted by atomic mass is 19.1. The molecule has 12 heavy (non-hydrogen) atoms. The van der Waals surface area contributed by atoms with Crippen molar-refractivity contribution >= 4 is 0 Å². The average Bonchev–Trinajstić information content (AvgIpc) is 2.04. The lowest BCUT2D eigenvalue weighted by Crippen LogP contribution is -2.04. The van der Waals surface area contributed by atoms with E-state index in [9.17, 15) is 4.39 Å². The molecule has 1 N–H and O–H groups in total. The first-order valence-electron chi connectivity index (χ1n) is 3.92. The summed E-state index contributed by atoms with van der Waals surface area (Å²) in [6.45, 7) is 2.03. The number of pyridine rings is 1. The second kappa shape index (κ2) is 4.16. The molecular formula is C9H12FNO. The van der Waals surface area contributed by atoms with Crippen LogP contribution in [0.3, 0.4) is 0 Å². The molecule has 0 fully saturated rings. The predicted molar refractivity (Wildman–Crippen MR) is 44.1 cm³/mol. The summed E-state index contributed by atoms with van der Waals surface area (Å²) in [6.07, 6.45) is 3.46. The summed E-state index contributed by atoms with van der Waals surface area (Å²) < 4.78 is 12.6. The van der Waals surface area contributed by atoms with Crippen LogP contribution < -0.4 is 0 Å². The van der Waals surface area contributed by atoms with E-state index in [1.165, 1.54) is 12.3 Å². The molecule has 0 aliphatic carbocycles. The third kappa shape index (κ3) is 2.58. The van der Waals surface area contributed by atoms with Crippen molar-refractivity contribution in [3.63, 3.8) is 0 Å². The summed E-state index contributed by atoms with van der Waals surface area (Å²) in [5.41, 5.74) is 0.830. The number of hydrogen-bond acceptors (Lipinski definition) is 2. The smallest absolute Gasteiger partial charge is 0.141 e. The van der Waals surface area contributed by atoms with E-state index < -0.39 is 0 Å². The molecule has 66 valence electrons. The fraction of sp³-hybridized carbons (Fsp3) is 0.444. The molecule has 0 aliphatic heterocycles. The summed E-state index contributed by atoms with van der Waals surface area (Å²) in [5, 5.41) is 8.75. The van der Waals surface area contributed by atoms with Gasteiger partial charge in [-0.25, -0.2) is 4.39 Å². The maximum Gasteiger partial charge on any atom is 0.141 e. The van der Waals surface area contributed by atoms with Crippen molar-refractivity contribution < 1.29 is 9.50 Å². The molecule has 1 heterocycles. The van der Waals surface area contributed by atoms with E-state index in [2.05, 4.69) is 4.98 Å². The van der Waals surface area contributed by atoms with Gasteiger partial charge in [0.1, 0.15) is 5.82 Å². The highest BCUT2D eigenvalue weighted by Gasteiger charge is 2.02. The Morgan fingerprint density at radius 2 is 2.33 bits per heavy atom. The van der Waals surface area contributed by atoms with Crippen LogP contribution in [-0.4, -0.2) is 16.7 Å². The number of nitrogens with zero attached hydrogens (tertiary/aromatic N) is 1. The molecule has 0 unspecified atom stereocenters. The van der Waals surface area contributed by atoms with Crippen molar-refractivity contribution in [1.82, 2.24) is 4.98 Å². The minimum absolute atomic E-state index is 0.122. The third-order valence-corrected chi connectivity index (χ3v) is 1.66. The average molecular weight is 169 g/mol.